The minimum absolute atomic E-state index is 0.400. The summed E-state index contributed by atoms with van der Waals surface area (Å²) in [6.45, 7) is 1.98. The molecule has 0 aliphatic rings. The van der Waals surface area contributed by atoms with Crippen LogP contribution in [-0.4, -0.2) is 23.0 Å². The summed E-state index contributed by atoms with van der Waals surface area (Å²) in [5.41, 5.74) is 3.05. The molecule has 0 bridgehead atoms. The Kier molecular flexibility index (Phi) is 5.34. The van der Waals surface area contributed by atoms with Crippen molar-refractivity contribution >= 4 is 40.7 Å². The van der Waals surface area contributed by atoms with E-state index in [4.69, 9.17) is 16.3 Å². The van der Waals surface area contributed by atoms with E-state index in [1.807, 2.05) is 31.2 Å². The molecule has 0 aliphatic carbocycles. The summed E-state index contributed by atoms with van der Waals surface area (Å²) in [6.07, 6.45) is 1.64. The first-order valence-electron chi connectivity index (χ1n) is 7.87. The molecular formula is C19H17ClN4O2. The number of methoxy groups -OCH3 is 1. The van der Waals surface area contributed by atoms with Crippen LogP contribution in [0.1, 0.15) is 15.9 Å². The Morgan fingerprint density at radius 2 is 1.96 bits per heavy atom. The molecule has 0 amide bonds. The average molecular weight is 369 g/mol. The second-order valence-electron chi connectivity index (χ2n) is 5.55. The highest BCUT2D eigenvalue weighted by Gasteiger charge is 2.07. The molecule has 0 fully saturated rings. The Hall–Kier alpha value is -3.12. The molecule has 0 radical (unpaired) electrons. The number of benzene rings is 2. The maximum absolute atomic E-state index is 11.6. The van der Waals surface area contributed by atoms with Crippen LogP contribution in [0.4, 0.5) is 23.1 Å². The number of carbonyl (C=O) groups excluding carboxylic acids is 1. The lowest BCUT2D eigenvalue weighted by Crippen LogP contribution is -2.03. The molecule has 3 aromatic rings. The predicted molar refractivity (Wildman–Crippen MR) is 103 cm³/mol. The lowest BCUT2D eigenvalue weighted by Gasteiger charge is -2.11. The Bertz CT molecular complexity index is 946. The summed E-state index contributed by atoms with van der Waals surface area (Å²) >= 11 is 6.05. The number of hydrogen-bond donors (Lipinski definition) is 2. The van der Waals surface area contributed by atoms with E-state index in [1.54, 1.807) is 30.5 Å². The van der Waals surface area contributed by atoms with E-state index in [1.165, 1.54) is 7.11 Å². The van der Waals surface area contributed by atoms with Gasteiger partial charge in [0.05, 0.1) is 12.7 Å². The summed E-state index contributed by atoms with van der Waals surface area (Å²) in [7, 11) is 1.35. The smallest absolute Gasteiger partial charge is 0.337 e. The van der Waals surface area contributed by atoms with Gasteiger partial charge in [-0.3, -0.25) is 0 Å². The number of rotatable bonds is 5. The van der Waals surface area contributed by atoms with Crippen LogP contribution in [-0.2, 0) is 4.74 Å². The summed E-state index contributed by atoms with van der Waals surface area (Å²) in [6, 6.07) is 14.3. The van der Waals surface area contributed by atoms with Gasteiger partial charge in [-0.05, 0) is 48.9 Å². The van der Waals surface area contributed by atoms with E-state index in [9.17, 15) is 4.79 Å². The molecule has 2 N–H and O–H groups in total. The number of anilines is 4. The molecule has 132 valence electrons. The first-order chi connectivity index (χ1) is 12.5. The SMILES string of the molecule is COC(=O)c1cccc(Nc2nccc(Nc3cc(Cl)ccc3C)n2)c1. The van der Waals surface area contributed by atoms with Crippen LogP contribution in [0.25, 0.3) is 0 Å². The number of halogens is 1. The lowest BCUT2D eigenvalue weighted by molar-refractivity contribution is 0.0601. The van der Waals surface area contributed by atoms with Crippen molar-refractivity contribution in [1.82, 2.24) is 9.97 Å². The molecule has 26 heavy (non-hydrogen) atoms. The highest BCUT2D eigenvalue weighted by Crippen LogP contribution is 2.24. The number of esters is 1. The molecule has 0 spiro atoms. The molecule has 0 saturated carbocycles. The number of aryl methyl sites for hydroxylation is 1. The normalized spacial score (nSPS) is 10.3. The molecular weight excluding hydrogens is 352 g/mol. The van der Waals surface area contributed by atoms with E-state index >= 15 is 0 Å². The maximum Gasteiger partial charge on any atom is 0.337 e. The van der Waals surface area contributed by atoms with Crippen molar-refractivity contribution in [2.75, 3.05) is 17.7 Å². The molecule has 0 unspecified atom stereocenters. The van der Waals surface area contributed by atoms with E-state index in [0.717, 1.165) is 11.3 Å². The highest BCUT2D eigenvalue weighted by atomic mass is 35.5. The molecule has 0 aliphatic heterocycles. The molecule has 6 nitrogen and oxygen atoms in total. The van der Waals surface area contributed by atoms with Gasteiger partial charge >= 0.3 is 5.97 Å². The first kappa shape index (κ1) is 17.7. The second kappa shape index (κ2) is 7.84. The fourth-order valence-corrected chi connectivity index (χ4v) is 2.50. The van der Waals surface area contributed by atoms with Crippen LogP contribution >= 0.6 is 11.6 Å². The molecule has 0 saturated heterocycles. The zero-order chi connectivity index (χ0) is 18.5. The fraction of sp³-hybridized carbons (Fsp3) is 0.105. The second-order valence-corrected chi connectivity index (χ2v) is 5.98. The molecule has 1 aromatic heterocycles. The minimum Gasteiger partial charge on any atom is -0.465 e. The Morgan fingerprint density at radius 3 is 2.77 bits per heavy atom. The van der Waals surface area contributed by atoms with Gasteiger partial charge in [0.15, 0.2) is 0 Å². The summed E-state index contributed by atoms with van der Waals surface area (Å²) in [4.78, 5) is 20.3. The average Bonchev–Trinajstić information content (AvgIpc) is 2.64. The first-order valence-corrected chi connectivity index (χ1v) is 8.24. The molecule has 0 atom stereocenters. The number of ether oxygens (including phenoxy) is 1. The van der Waals surface area contributed by atoms with E-state index in [-0.39, 0.29) is 0 Å². The summed E-state index contributed by atoms with van der Waals surface area (Å²) < 4.78 is 4.73. The van der Waals surface area contributed by atoms with E-state index < -0.39 is 5.97 Å². The number of aromatic nitrogens is 2. The standard InChI is InChI=1S/C19H17ClN4O2/c1-12-6-7-14(20)11-16(12)23-17-8-9-21-19(24-17)22-15-5-3-4-13(10-15)18(25)26-2/h3-11H,1-2H3,(H2,21,22,23,24). The quantitative estimate of drug-likeness (QED) is 0.635. The van der Waals surface area contributed by atoms with Gasteiger partial charge < -0.3 is 15.4 Å². The predicted octanol–water partition coefficient (Wildman–Crippen LogP) is 4.71. The third kappa shape index (κ3) is 4.29. The fourth-order valence-electron chi connectivity index (χ4n) is 2.33. The maximum atomic E-state index is 11.6. The van der Waals surface area contributed by atoms with Crippen molar-refractivity contribution in [3.05, 3.63) is 70.9 Å². The van der Waals surface area contributed by atoms with Crippen molar-refractivity contribution in [3.8, 4) is 0 Å². The van der Waals surface area contributed by atoms with Crippen LogP contribution in [0.3, 0.4) is 0 Å². The van der Waals surface area contributed by atoms with Crippen LogP contribution in [0.5, 0.6) is 0 Å². The van der Waals surface area contributed by atoms with Gasteiger partial charge in [-0.25, -0.2) is 9.78 Å². The summed E-state index contributed by atoms with van der Waals surface area (Å²) in [5.74, 6) is 0.620. The minimum atomic E-state index is -0.401. The van der Waals surface area contributed by atoms with Crippen LogP contribution in [0.15, 0.2) is 54.7 Å². The van der Waals surface area contributed by atoms with Crippen molar-refractivity contribution in [2.45, 2.75) is 6.92 Å². The van der Waals surface area contributed by atoms with Crippen molar-refractivity contribution < 1.29 is 9.53 Å². The number of carbonyl (C=O) groups is 1. The Balaban J connectivity index is 1.79. The number of nitrogens with zero attached hydrogens (tertiary/aromatic N) is 2. The Morgan fingerprint density at radius 1 is 1.12 bits per heavy atom. The lowest BCUT2D eigenvalue weighted by atomic mass is 10.2. The summed E-state index contributed by atoms with van der Waals surface area (Å²) in [5, 5.41) is 6.95. The van der Waals surface area contributed by atoms with Gasteiger partial charge in [-0.15, -0.1) is 0 Å². The molecule has 3 rings (SSSR count). The van der Waals surface area contributed by atoms with Crippen molar-refractivity contribution in [1.29, 1.82) is 0 Å². The van der Waals surface area contributed by atoms with Crippen LogP contribution < -0.4 is 10.6 Å². The third-order valence-electron chi connectivity index (χ3n) is 3.66. The number of nitrogens with one attached hydrogen (secondary N) is 2. The van der Waals surface area contributed by atoms with Gasteiger partial charge in [0.25, 0.3) is 0 Å². The third-order valence-corrected chi connectivity index (χ3v) is 3.89. The van der Waals surface area contributed by atoms with Gasteiger partial charge in [0, 0.05) is 22.6 Å². The number of hydrogen-bond acceptors (Lipinski definition) is 6. The van der Waals surface area contributed by atoms with E-state index in [0.29, 0.717) is 28.0 Å². The topological polar surface area (TPSA) is 76.1 Å². The molecule has 2 aromatic carbocycles. The van der Waals surface area contributed by atoms with Gasteiger partial charge in [0.1, 0.15) is 5.82 Å². The van der Waals surface area contributed by atoms with Crippen LogP contribution in [0, 0.1) is 6.92 Å². The zero-order valence-corrected chi connectivity index (χ0v) is 15.0. The van der Waals surface area contributed by atoms with Gasteiger partial charge in [0.2, 0.25) is 5.95 Å². The van der Waals surface area contributed by atoms with Gasteiger partial charge in [-0.1, -0.05) is 23.7 Å². The Labute approximate surface area is 156 Å². The largest absolute Gasteiger partial charge is 0.465 e. The van der Waals surface area contributed by atoms with Crippen molar-refractivity contribution in [2.24, 2.45) is 0 Å². The van der Waals surface area contributed by atoms with Gasteiger partial charge in [-0.2, -0.15) is 4.98 Å². The van der Waals surface area contributed by atoms with E-state index in [2.05, 4.69) is 20.6 Å². The van der Waals surface area contributed by atoms with Crippen molar-refractivity contribution in [3.63, 3.8) is 0 Å². The zero-order valence-electron chi connectivity index (χ0n) is 14.3. The highest BCUT2D eigenvalue weighted by molar-refractivity contribution is 6.30. The monoisotopic (exact) mass is 368 g/mol. The molecule has 7 heteroatoms. The molecule has 1 heterocycles. The van der Waals surface area contributed by atoms with Crippen LogP contribution in [0.2, 0.25) is 5.02 Å².